The highest BCUT2D eigenvalue weighted by atomic mass is 16.4. The van der Waals surface area contributed by atoms with E-state index in [1.165, 1.54) is 18.4 Å². The fourth-order valence-corrected chi connectivity index (χ4v) is 2.99. The zero-order chi connectivity index (χ0) is 12.8. The molecule has 3 nitrogen and oxygen atoms in total. The van der Waals surface area contributed by atoms with Gasteiger partial charge in [-0.15, -0.1) is 0 Å². The van der Waals surface area contributed by atoms with E-state index in [4.69, 9.17) is 0 Å². The predicted molar refractivity (Wildman–Crippen MR) is 70.3 cm³/mol. The van der Waals surface area contributed by atoms with E-state index >= 15 is 0 Å². The van der Waals surface area contributed by atoms with Crippen LogP contribution in [-0.4, -0.2) is 16.1 Å². The monoisotopic (exact) mass is 247 g/mol. The molecule has 1 fully saturated rings. The van der Waals surface area contributed by atoms with Gasteiger partial charge in [-0.3, -0.25) is 9.78 Å². The van der Waals surface area contributed by atoms with Gasteiger partial charge in [0, 0.05) is 12.4 Å². The highest BCUT2D eigenvalue weighted by Gasteiger charge is 2.29. The summed E-state index contributed by atoms with van der Waals surface area (Å²) in [6, 6.07) is 3.99. The summed E-state index contributed by atoms with van der Waals surface area (Å²) in [4.78, 5) is 15.4. The van der Waals surface area contributed by atoms with Crippen LogP contribution >= 0.6 is 0 Å². The molecule has 1 atom stereocenters. The van der Waals surface area contributed by atoms with Crippen molar-refractivity contribution in [1.29, 1.82) is 0 Å². The highest BCUT2D eigenvalue weighted by Crippen LogP contribution is 2.34. The SMILES string of the molecule is O=C(O)[C@@H](CCCc1cccnc1)C1CCCC1. The van der Waals surface area contributed by atoms with Crippen molar-refractivity contribution in [2.24, 2.45) is 11.8 Å². The zero-order valence-electron chi connectivity index (χ0n) is 10.7. The number of carbonyl (C=O) groups is 1. The summed E-state index contributed by atoms with van der Waals surface area (Å²) in [5, 5.41) is 9.32. The van der Waals surface area contributed by atoms with Crippen molar-refractivity contribution in [3.63, 3.8) is 0 Å². The first-order valence-corrected chi connectivity index (χ1v) is 6.89. The topological polar surface area (TPSA) is 50.2 Å². The van der Waals surface area contributed by atoms with Crippen LogP contribution in [0.2, 0.25) is 0 Å². The van der Waals surface area contributed by atoms with Crippen LogP contribution in [-0.2, 0) is 11.2 Å². The van der Waals surface area contributed by atoms with Crippen molar-refractivity contribution in [1.82, 2.24) is 4.98 Å². The Balaban J connectivity index is 1.81. The van der Waals surface area contributed by atoms with Gasteiger partial charge in [-0.1, -0.05) is 18.9 Å². The highest BCUT2D eigenvalue weighted by molar-refractivity contribution is 5.70. The van der Waals surface area contributed by atoms with Crippen LogP contribution in [0.25, 0.3) is 0 Å². The number of carboxylic acid groups (broad SMARTS) is 1. The molecule has 0 amide bonds. The van der Waals surface area contributed by atoms with Gasteiger partial charge in [0.25, 0.3) is 0 Å². The van der Waals surface area contributed by atoms with Gasteiger partial charge >= 0.3 is 5.97 Å². The largest absolute Gasteiger partial charge is 0.481 e. The first-order chi connectivity index (χ1) is 8.77. The number of aliphatic carboxylic acids is 1. The lowest BCUT2D eigenvalue weighted by Gasteiger charge is -2.18. The third-order valence-electron chi connectivity index (χ3n) is 3.99. The van der Waals surface area contributed by atoms with E-state index in [0.717, 1.165) is 32.1 Å². The molecule has 0 unspecified atom stereocenters. The molecule has 0 bridgehead atoms. The summed E-state index contributed by atoms with van der Waals surface area (Å²) in [6.07, 6.45) is 10.9. The van der Waals surface area contributed by atoms with Crippen LogP contribution in [0.3, 0.4) is 0 Å². The van der Waals surface area contributed by atoms with Crippen LogP contribution < -0.4 is 0 Å². The van der Waals surface area contributed by atoms with Crippen LogP contribution in [0.5, 0.6) is 0 Å². The maximum absolute atomic E-state index is 11.3. The van der Waals surface area contributed by atoms with Gasteiger partial charge in [0.05, 0.1) is 5.92 Å². The van der Waals surface area contributed by atoms with Gasteiger partial charge in [-0.05, 0) is 49.7 Å². The van der Waals surface area contributed by atoms with Crippen molar-refractivity contribution in [2.45, 2.75) is 44.9 Å². The van der Waals surface area contributed by atoms with E-state index in [0.29, 0.717) is 5.92 Å². The molecular weight excluding hydrogens is 226 g/mol. The molecule has 0 aromatic carbocycles. The molecule has 3 heteroatoms. The molecule has 1 saturated carbocycles. The van der Waals surface area contributed by atoms with Crippen LogP contribution in [0.4, 0.5) is 0 Å². The fourth-order valence-electron chi connectivity index (χ4n) is 2.99. The first kappa shape index (κ1) is 13.1. The van der Waals surface area contributed by atoms with Gasteiger partial charge in [0.15, 0.2) is 0 Å². The minimum absolute atomic E-state index is 0.135. The number of nitrogens with zero attached hydrogens (tertiary/aromatic N) is 1. The third-order valence-corrected chi connectivity index (χ3v) is 3.99. The Bertz CT molecular complexity index is 371. The zero-order valence-corrected chi connectivity index (χ0v) is 10.7. The minimum atomic E-state index is -0.604. The molecule has 0 radical (unpaired) electrons. The number of pyridine rings is 1. The van der Waals surface area contributed by atoms with Gasteiger partial charge < -0.3 is 5.11 Å². The Kier molecular flexibility index (Phi) is 4.73. The van der Waals surface area contributed by atoms with Crippen molar-refractivity contribution in [2.75, 3.05) is 0 Å². The van der Waals surface area contributed by atoms with Gasteiger partial charge in [0.1, 0.15) is 0 Å². The molecule has 0 saturated heterocycles. The molecule has 98 valence electrons. The summed E-state index contributed by atoms with van der Waals surface area (Å²) in [5.41, 5.74) is 1.20. The van der Waals surface area contributed by atoms with E-state index in [1.54, 1.807) is 6.20 Å². The minimum Gasteiger partial charge on any atom is -0.481 e. The van der Waals surface area contributed by atoms with Crippen LogP contribution in [0.15, 0.2) is 24.5 Å². The molecular formula is C15H21NO2. The molecule has 1 N–H and O–H groups in total. The smallest absolute Gasteiger partial charge is 0.306 e. The molecule has 1 aliphatic rings. The van der Waals surface area contributed by atoms with Crippen LogP contribution in [0, 0.1) is 11.8 Å². The Hall–Kier alpha value is -1.38. The maximum Gasteiger partial charge on any atom is 0.306 e. The van der Waals surface area contributed by atoms with Crippen molar-refractivity contribution in [3.8, 4) is 0 Å². The Morgan fingerprint density at radius 1 is 1.44 bits per heavy atom. The molecule has 2 rings (SSSR count). The molecule has 1 heterocycles. The van der Waals surface area contributed by atoms with E-state index in [-0.39, 0.29) is 5.92 Å². The van der Waals surface area contributed by atoms with Gasteiger partial charge in [0.2, 0.25) is 0 Å². The average Bonchev–Trinajstić information content (AvgIpc) is 2.89. The van der Waals surface area contributed by atoms with Crippen LogP contribution in [0.1, 0.15) is 44.1 Å². The van der Waals surface area contributed by atoms with Crippen molar-refractivity contribution < 1.29 is 9.90 Å². The molecule has 1 aliphatic carbocycles. The Morgan fingerprint density at radius 3 is 2.83 bits per heavy atom. The van der Waals surface area contributed by atoms with E-state index < -0.39 is 5.97 Å². The standard InChI is InChI=1S/C15H21NO2/c17-15(18)14(13-7-1-2-8-13)9-3-5-12-6-4-10-16-11-12/h4,6,10-11,13-14H,1-3,5,7-9H2,(H,17,18)/t14-/m0/s1. The predicted octanol–water partition coefficient (Wildman–Crippen LogP) is 3.30. The maximum atomic E-state index is 11.3. The number of rotatable bonds is 6. The molecule has 1 aromatic rings. The second kappa shape index (κ2) is 6.53. The van der Waals surface area contributed by atoms with E-state index in [9.17, 15) is 9.90 Å². The number of aromatic nitrogens is 1. The first-order valence-electron chi connectivity index (χ1n) is 6.89. The van der Waals surface area contributed by atoms with E-state index in [2.05, 4.69) is 11.1 Å². The molecule has 18 heavy (non-hydrogen) atoms. The second-order valence-electron chi connectivity index (χ2n) is 5.24. The summed E-state index contributed by atoms with van der Waals surface area (Å²) < 4.78 is 0. The average molecular weight is 247 g/mol. The number of hydrogen-bond acceptors (Lipinski definition) is 2. The Labute approximate surface area is 108 Å². The van der Waals surface area contributed by atoms with E-state index in [1.807, 2.05) is 12.3 Å². The lowest BCUT2D eigenvalue weighted by atomic mass is 9.86. The summed E-state index contributed by atoms with van der Waals surface area (Å²) in [7, 11) is 0. The Morgan fingerprint density at radius 2 is 2.22 bits per heavy atom. The number of hydrogen-bond donors (Lipinski definition) is 1. The second-order valence-corrected chi connectivity index (χ2v) is 5.24. The normalized spacial score (nSPS) is 17.8. The van der Waals surface area contributed by atoms with Crippen molar-refractivity contribution >= 4 is 5.97 Å². The summed E-state index contributed by atoms with van der Waals surface area (Å²) >= 11 is 0. The van der Waals surface area contributed by atoms with Gasteiger partial charge in [-0.2, -0.15) is 0 Å². The molecule has 0 spiro atoms. The third kappa shape index (κ3) is 3.56. The lowest BCUT2D eigenvalue weighted by Crippen LogP contribution is -2.21. The lowest BCUT2D eigenvalue weighted by molar-refractivity contribution is -0.144. The van der Waals surface area contributed by atoms with Crippen molar-refractivity contribution in [3.05, 3.63) is 30.1 Å². The fraction of sp³-hybridized carbons (Fsp3) is 0.600. The quantitative estimate of drug-likeness (QED) is 0.839. The molecule has 0 aliphatic heterocycles. The number of carboxylic acids is 1. The number of aryl methyl sites for hydroxylation is 1. The summed E-state index contributed by atoms with van der Waals surface area (Å²) in [5.74, 6) is -0.325. The molecule has 1 aromatic heterocycles. The summed E-state index contributed by atoms with van der Waals surface area (Å²) in [6.45, 7) is 0. The van der Waals surface area contributed by atoms with Gasteiger partial charge in [-0.25, -0.2) is 0 Å².